The van der Waals surface area contributed by atoms with E-state index < -0.39 is 0 Å². The van der Waals surface area contributed by atoms with Crippen LogP contribution in [-0.4, -0.2) is 0 Å². The smallest absolute Gasteiger partial charge is 0 e. The van der Waals surface area contributed by atoms with Crippen LogP contribution in [-0.2, 0) is 132 Å². The van der Waals surface area contributed by atoms with Gasteiger partial charge in [0.05, 0.1) is 0 Å². The molecule has 0 saturated carbocycles. The Kier molecular flexibility index (Phi) is 275. The average Bonchev–Trinajstić information content (AvgIpc) is 0. The van der Waals surface area contributed by atoms with Gasteiger partial charge in [-0.2, -0.15) is 0 Å². The van der Waals surface area contributed by atoms with E-state index in [0.717, 1.165) is 0 Å². The third kappa shape index (κ3) is 23.9. The van der Waals surface area contributed by atoms with Gasteiger partial charge in [0.2, 0.25) is 0 Å². The molecule has 0 aromatic heterocycles. The molecule has 6 heavy (non-hydrogen) atoms. The van der Waals surface area contributed by atoms with Gasteiger partial charge >= 0.3 is 0 Å². The van der Waals surface area contributed by atoms with Crippen molar-refractivity contribution >= 4 is 0 Å². The summed E-state index contributed by atoms with van der Waals surface area (Å²) in [5, 5.41) is 0. The van der Waals surface area contributed by atoms with E-state index in [4.69, 9.17) is 0 Å². The summed E-state index contributed by atoms with van der Waals surface area (Å²) >= 11 is 0. The summed E-state index contributed by atoms with van der Waals surface area (Å²) in [6, 6.07) is 0. The molecule has 0 aliphatic carbocycles. The molecule has 0 aliphatic rings. The van der Waals surface area contributed by atoms with Crippen LogP contribution in [0.5, 0.6) is 0 Å². The summed E-state index contributed by atoms with van der Waals surface area (Å²) in [5.74, 6) is 0. The summed E-state index contributed by atoms with van der Waals surface area (Å²) in [6.45, 7) is 0. The molecule has 0 aromatic rings. The fourth-order valence-corrected chi connectivity index (χ4v) is 0. The Morgan fingerprint density at radius 2 is 0.333 bits per heavy atom. The Morgan fingerprint density at radius 1 is 0.333 bits per heavy atom. The predicted molar refractivity (Wildman–Crippen MR) is 0 cm³/mol. The zero-order valence-electron chi connectivity index (χ0n) is 1.84. The standard InChI is InChI=1S/4Au.2Pt. The van der Waals surface area contributed by atoms with Crippen LogP contribution < -0.4 is 0 Å². The second-order valence-electron chi connectivity index (χ2n) is 0. The van der Waals surface area contributed by atoms with E-state index in [0.29, 0.717) is 0 Å². The molecule has 0 unspecified atom stereocenters. The summed E-state index contributed by atoms with van der Waals surface area (Å²) in [7, 11) is 0. The molecule has 6 heteroatoms. The summed E-state index contributed by atoms with van der Waals surface area (Å²) < 4.78 is 0. The molecule has 64 valence electrons. The SMILES string of the molecule is [Au].[Au].[Au].[Au].[Pt].[Pt]. The maximum Gasteiger partial charge on any atom is 0 e. The molecular weight excluding hydrogens is 1180 g/mol. The zero-order chi connectivity index (χ0) is 0. The van der Waals surface area contributed by atoms with Crippen LogP contribution >= 0.6 is 0 Å². The van der Waals surface area contributed by atoms with Crippen molar-refractivity contribution in [2.45, 2.75) is 0 Å². The first kappa shape index (κ1) is 47.9. The second kappa shape index (κ2) is 34.5. The van der Waals surface area contributed by atoms with Crippen molar-refractivity contribution in [3.8, 4) is 0 Å². The van der Waals surface area contributed by atoms with E-state index in [1.807, 2.05) is 0 Å². The Labute approximate surface area is 129 Å². The van der Waals surface area contributed by atoms with Crippen LogP contribution in [0, 0.1) is 0 Å². The van der Waals surface area contributed by atoms with E-state index in [-0.39, 0.29) is 132 Å². The van der Waals surface area contributed by atoms with Crippen LogP contribution in [0.1, 0.15) is 0 Å². The molecule has 0 nitrogen and oxygen atoms in total. The Hall–Kier alpha value is 4.34. The van der Waals surface area contributed by atoms with Gasteiger partial charge in [-0.05, 0) is 0 Å². The predicted octanol–water partition coefficient (Wildman–Crippen LogP) is -0.0150. The van der Waals surface area contributed by atoms with Gasteiger partial charge in [0.1, 0.15) is 0 Å². The molecule has 0 spiro atoms. The third-order valence-electron chi connectivity index (χ3n) is 0. The van der Waals surface area contributed by atoms with Crippen molar-refractivity contribution in [3.05, 3.63) is 0 Å². The summed E-state index contributed by atoms with van der Waals surface area (Å²) in [6.07, 6.45) is 0. The third-order valence-corrected chi connectivity index (χ3v) is 0. The molecule has 0 aliphatic heterocycles. The summed E-state index contributed by atoms with van der Waals surface area (Å²) in [4.78, 5) is 0. The molecule has 0 rings (SSSR count). The van der Waals surface area contributed by atoms with Crippen LogP contribution in [0.2, 0.25) is 0 Å². The quantitative estimate of drug-likeness (QED) is 0.300. The summed E-state index contributed by atoms with van der Waals surface area (Å²) in [5.41, 5.74) is 0. The normalized spacial score (nSPS) is 0. The number of rotatable bonds is 0. The first-order valence-corrected chi connectivity index (χ1v) is 0. The Morgan fingerprint density at radius 3 is 0.333 bits per heavy atom. The minimum atomic E-state index is 0. The largest absolute Gasteiger partial charge is 0 e. The van der Waals surface area contributed by atoms with Crippen molar-refractivity contribution in [2.75, 3.05) is 0 Å². The van der Waals surface area contributed by atoms with Crippen molar-refractivity contribution < 1.29 is 132 Å². The first-order valence-electron chi connectivity index (χ1n) is 0. The topological polar surface area (TPSA) is 0 Å². The molecule has 0 N–H and O–H groups in total. The molecule has 0 saturated heterocycles. The molecule has 0 amide bonds. The van der Waals surface area contributed by atoms with E-state index in [1.165, 1.54) is 0 Å². The van der Waals surface area contributed by atoms with E-state index >= 15 is 0 Å². The Balaban J connectivity index is 0. The van der Waals surface area contributed by atoms with Gasteiger partial charge in [-0.1, -0.05) is 0 Å². The van der Waals surface area contributed by atoms with Crippen LogP contribution in [0.3, 0.4) is 0 Å². The molecule has 0 atom stereocenters. The molecule has 0 bridgehead atoms. The molecular formula is Au4Pt2. The van der Waals surface area contributed by atoms with E-state index in [1.54, 1.807) is 0 Å². The van der Waals surface area contributed by atoms with Crippen molar-refractivity contribution in [1.29, 1.82) is 0 Å². The molecule has 0 aromatic carbocycles. The van der Waals surface area contributed by atoms with E-state index in [9.17, 15) is 0 Å². The number of hydrogen-bond donors (Lipinski definition) is 0. The maximum absolute atomic E-state index is 0. The number of hydrogen-bond acceptors (Lipinski definition) is 0. The van der Waals surface area contributed by atoms with Crippen molar-refractivity contribution in [3.63, 3.8) is 0 Å². The minimum Gasteiger partial charge on any atom is 0 e. The maximum atomic E-state index is 0. The molecule has 0 fully saturated rings. The van der Waals surface area contributed by atoms with Gasteiger partial charge in [0, 0.05) is 132 Å². The van der Waals surface area contributed by atoms with Crippen LogP contribution in [0.4, 0.5) is 0 Å². The van der Waals surface area contributed by atoms with Crippen molar-refractivity contribution in [2.24, 2.45) is 0 Å². The minimum absolute atomic E-state index is 0. The Bertz CT molecular complexity index is 5.51. The zero-order valence-corrected chi connectivity index (χ0v) is 15.0. The molecule has 0 heterocycles. The van der Waals surface area contributed by atoms with Crippen LogP contribution in [0.25, 0.3) is 0 Å². The monoisotopic (exact) mass is 1180 g/mol. The van der Waals surface area contributed by atoms with Gasteiger partial charge in [-0.25, -0.2) is 0 Å². The van der Waals surface area contributed by atoms with E-state index in [2.05, 4.69) is 0 Å². The average molecular weight is 1180 g/mol. The van der Waals surface area contributed by atoms with Gasteiger partial charge in [0.15, 0.2) is 0 Å². The molecule has 4 radical (unpaired) electrons. The van der Waals surface area contributed by atoms with Crippen LogP contribution in [0.15, 0.2) is 0 Å². The fraction of sp³-hybridized carbons (Fsp3) is 0. The van der Waals surface area contributed by atoms with Gasteiger partial charge in [-0.3, -0.25) is 0 Å². The first-order chi connectivity index (χ1) is 0. The van der Waals surface area contributed by atoms with Gasteiger partial charge in [0.25, 0.3) is 0 Å². The van der Waals surface area contributed by atoms with Gasteiger partial charge in [-0.15, -0.1) is 0 Å². The second-order valence-corrected chi connectivity index (χ2v) is 0. The van der Waals surface area contributed by atoms with Gasteiger partial charge < -0.3 is 0 Å². The van der Waals surface area contributed by atoms with Crippen molar-refractivity contribution in [1.82, 2.24) is 0 Å². The fourth-order valence-electron chi connectivity index (χ4n) is 0.